The Kier molecular flexibility index (Phi) is 4.82. The Bertz CT molecular complexity index is 817. The summed E-state index contributed by atoms with van der Waals surface area (Å²) in [6.45, 7) is 2.27. The first kappa shape index (κ1) is 16.3. The van der Waals surface area contributed by atoms with Gasteiger partial charge in [-0.25, -0.2) is 9.78 Å². The molecule has 0 bridgehead atoms. The van der Waals surface area contributed by atoms with Gasteiger partial charge in [0.1, 0.15) is 6.10 Å². The zero-order valence-electron chi connectivity index (χ0n) is 13.4. The van der Waals surface area contributed by atoms with Gasteiger partial charge >= 0.3 is 6.09 Å². The van der Waals surface area contributed by atoms with Gasteiger partial charge < -0.3 is 14.4 Å². The van der Waals surface area contributed by atoms with Crippen LogP contribution in [0.3, 0.4) is 0 Å². The van der Waals surface area contributed by atoms with Crippen molar-refractivity contribution in [2.45, 2.75) is 6.10 Å². The summed E-state index contributed by atoms with van der Waals surface area (Å²) in [5.41, 5.74) is 0.987. The van der Waals surface area contributed by atoms with Crippen molar-refractivity contribution in [3.05, 3.63) is 41.8 Å². The summed E-state index contributed by atoms with van der Waals surface area (Å²) in [5, 5.41) is 6.33. The Balaban J connectivity index is 1.44. The Morgan fingerprint density at radius 1 is 1.32 bits per heavy atom. The number of aromatic nitrogens is 1. The molecule has 0 radical (unpaired) electrons. The van der Waals surface area contributed by atoms with Crippen LogP contribution >= 0.6 is 22.7 Å². The summed E-state index contributed by atoms with van der Waals surface area (Å²) in [4.78, 5) is 18.9. The average molecular weight is 375 g/mol. The van der Waals surface area contributed by atoms with Gasteiger partial charge in [-0.3, -0.25) is 5.32 Å². The molecule has 3 aromatic rings. The molecule has 1 amide bonds. The lowest BCUT2D eigenvalue weighted by Gasteiger charge is -2.22. The zero-order valence-corrected chi connectivity index (χ0v) is 15.0. The van der Waals surface area contributed by atoms with Gasteiger partial charge in [0, 0.05) is 6.54 Å². The van der Waals surface area contributed by atoms with E-state index in [0.29, 0.717) is 19.8 Å². The number of para-hydroxylation sites is 1. The maximum Gasteiger partial charge on any atom is 0.412 e. The highest BCUT2D eigenvalue weighted by Gasteiger charge is 2.24. The largest absolute Gasteiger partial charge is 0.442 e. The van der Waals surface area contributed by atoms with Crippen molar-refractivity contribution in [3.63, 3.8) is 0 Å². The summed E-state index contributed by atoms with van der Waals surface area (Å²) >= 11 is 3.10. The minimum absolute atomic E-state index is 0.338. The average Bonchev–Trinajstić information content (AvgIpc) is 3.21. The third kappa shape index (κ3) is 3.92. The molecule has 1 atom stereocenters. The lowest BCUT2D eigenvalue weighted by Crippen LogP contribution is -2.36. The third-order valence-corrected chi connectivity index (χ3v) is 5.69. The fourth-order valence-corrected chi connectivity index (χ4v) is 4.25. The van der Waals surface area contributed by atoms with Gasteiger partial charge in [-0.2, -0.15) is 0 Å². The summed E-state index contributed by atoms with van der Waals surface area (Å²) < 4.78 is 12.3. The Labute approximate surface area is 153 Å². The Morgan fingerprint density at radius 3 is 3.08 bits per heavy atom. The van der Waals surface area contributed by atoms with E-state index in [9.17, 15) is 4.79 Å². The van der Waals surface area contributed by atoms with Crippen LogP contribution in [0.2, 0.25) is 0 Å². The van der Waals surface area contributed by atoms with Crippen molar-refractivity contribution in [1.29, 1.82) is 0 Å². The molecule has 8 heteroatoms. The number of amides is 1. The molecule has 0 spiro atoms. The van der Waals surface area contributed by atoms with Gasteiger partial charge in [-0.05, 0) is 29.6 Å². The van der Waals surface area contributed by atoms with Crippen molar-refractivity contribution >= 4 is 49.1 Å². The van der Waals surface area contributed by atoms with E-state index in [1.165, 1.54) is 11.3 Å². The first-order valence-electron chi connectivity index (χ1n) is 7.97. The number of hydrogen-bond acceptors (Lipinski definition) is 7. The van der Waals surface area contributed by atoms with Crippen LogP contribution in [-0.4, -0.2) is 43.5 Å². The molecule has 4 rings (SSSR count). The van der Waals surface area contributed by atoms with Crippen molar-refractivity contribution < 1.29 is 14.3 Å². The van der Waals surface area contributed by atoms with Crippen LogP contribution in [0.5, 0.6) is 0 Å². The highest BCUT2D eigenvalue weighted by Crippen LogP contribution is 2.29. The molecule has 130 valence electrons. The van der Waals surface area contributed by atoms with Crippen LogP contribution in [0.1, 0.15) is 0 Å². The van der Waals surface area contributed by atoms with Crippen LogP contribution in [0.25, 0.3) is 10.2 Å². The third-order valence-electron chi connectivity index (χ3n) is 3.81. The number of hydrogen-bond donors (Lipinski definition) is 1. The predicted molar refractivity (Wildman–Crippen MR) is 101 cm³/mol. The fraction of sp³-hybridized carbons (Fsp3) is 0.294. The number of rotatable bonds is 3. The van der Waals surface area contributed by atoms with Gasteiger partial charge in [0.05, 0.1) is 35.0 Å². The van der Waals surface area contributed by atoms with Crippen LogP contribution in [-0.2, 0) is 9.47 Å². The molecule has 0 unspecified atom stereocenters. The molecule has 0 saturated carbocycles. The maximum absolute atomic E-state index is 12.1. The number of nitrogens with one attached hydrogen (secondary N) is 1. The van der Waals surface area contributed by atoms with Gasteiger partial charge in [0.2, 0.25) is 0 Å². The molecule has 1 fully saturated rings. The van der Waals surface area contributed by atoms with E-state index in [0.717, 1.165) is 26.9 Å². The van der Waals surface area contributed by atoms with Crippen molar-refractivity contribution in [2.24, 2.45) is 0 Å². The van der Waals surface area contributed by atoms with E-state index >= 15 is 0 Å². The molecule has 25 heavy (non-hydrogen) atoms. The quantitative estimate of drug-likeness (QED) is 0.754. The lowest BCUT2D eigenvalue weighted by atomic mass is 10.3. The van der Waals surface area contributed by atoms with Crippen LogP contribution in [0, 0.1) is 0 Å². The minimum atomic E-state index is -0.456. The van der Waals surface area contributed by atoms with E-state index in [1.807, 2.05) is 35.7 Å². The molecular weight excluding hydrogens is 358 g/mol. The Hall–Kier alpha value is -2.16. The lowest BCUT2D eigenvalue weighted by molar-refractivity contribution is 0.0444. The highest BCUT2D eigenvalue weighted by atomic mass is 32.1. The van der Waals surface area contributed by atoms with Crippen LogP contribution in [0.15, 0.2) is 41.8 Å². The van der Waals surface area contributed by atoms with Gasteiger partial charge in [-0.1, -0.05) is 23.5 Å². The number of nitrogens with zero attached hydrogens (tertiary/aromatic N) is 2. The number of benzene rings is 1. The van der Waals surface area contributed by atoms with Crippen LogP contribution < -0.4 is 10.2 Å². The minimum Gasteiger partial charge on any atom is -0.442 e. The molecule has 2 aromatic heterocycles. The second-order valence-electron chi connectivity index (χ2n) is 5.61. The predicted octanol–water partition coefficient (Wildman–Crippen LogP) is 3.81. The van der Waals surface area contributed by atoms with Gasteiger partial charge in [0.15, 0.2) is 5.13 Å². The number of carbonyl (C=O) groups is 1. The molecule has 1 aliphatic rings. The molecule has 0 aliphatic carbocycles. The maximum atomic E-state index is 12.1. The fourth-order valence-electron chi connectivity index (χ4n) is 2.65. The highest BCUT2D eigenvalue weighted by molar-refractivity contribution is 7.22. The molecule has 1 saturated heterocycles. The van der Waals surface area contributed by atoms with Crippen molar-refractivity contribution in [1.82, 2.24) is 4.98 Å². The molecule has 3 heterocycles. The van der Waals surface area contributed by atoms with E-state index in [4.69, 9.17) is 9.47 Å². The van der Waals surface area contributed by atoms with E-state index in [1.54, 1.807) is 11.3 Å². The summed E-state index contributed by atoms with van der Waals surface area (Å²) in [7, 11) is 0. The molecule has 1 N–H and O–H groups in total. The van der Waals surface area contributed by atoms with Gasteiger partial charge in [0.25, 0.3) is 0 Å². The van der Waals surface area contributed by atoms with Crippen LogP contribution in [0.4, 0.5) is 14.9 Å². The molecule has 1 aliphatic heterocycles. The second kappa shape index (κ2) is 7.38. The van der Waals surface area contributed by atoms with E-state index in [2.05, 4.69) is 21.3 Å². The topological polar surface area (TPSA) is 63.7 Å². The molecule has 1 aromatic carbocycles. The SMILES string of the molecule is O=C(Nc1cccs1)O[C@H]1COCCN(c2nc3ccccc3s2)C1. The number of thiophene rings is 1. The number of fused-ring (bicyclic) bond motifs is 1. The zero-order chi connectivity index (χ0) is 17.1. The summed E-state index contributed by atoms with van der Waals surface area (Å²) in [6.07, 6.45) is -0.795. The molecule has 6 nitrogen and oxygen atoms in total. The first-order valence-corrected chi connectivity index (χ1v) is 9.67. The number of anilines is 2. The smallest absolute Gasteiger partial charge is 0.412 e. The number of carbonyl (C=O) groups excluding carboxylic acids is 1. The van der Waals surface area contributed by atoms with Crippen molar-refractivity contribution in [3.8, 4) is 0 Å². The normalized spacial score (nSPS) is 18.1. The van der Waals surface area contributed by atoms with E-state index in [-0.39, 0.29) is 6.10 Å². The number of thiazole rings is 1. The number of ether oxygens (including phenoxy) is 2. The Morgan fingerprint density at radius 2 is 2.24 bits per heavy atom. The standard InChI is InChI=1S/C17H17N3O3S2/c21-17(19-15-6-3-9-24-15)23-12-10-20(7-8-22-11-12)16-18-13-4-1-2-5-14(13)25-16/h1-6,9,12H,7-8,10-11H2,(H,19,21)/t12-/m1/s1. The van der Waals surface area contributed by atoms with Crippen molar-refractivity contribution in [2.75, 3.05) is 36.5 Å². The monoisotopic (exact) mass is 375 g/mol. The van der Waals surface area contributed by atoms with Gasteiger partial charge in [-0.15, -0.1) is 11.3 Å². The second-order valence-corrected chi connectivity index (χ2v) is 7.57. The summed E-state index contributed by atoms with van der Waals surface area (Å²) in [6, 6.07) is 11.8. The molecular formula is C17H17N3O3S2. The summed E-state index contributed by atoms with van der Waals surface area (Å²) in [5.74, 6) is 0. The first-order chi connectivity index (χ1) is 12.3. The van der Waals surface area contributed by atoms with E-state index < -0.39 is 6.09 Å².